The molecule has 1 aromatic rings. The van der Waals surface area contributed by atoms with Crippen LogP contribution in [0.1, 0.15) is 30.5 Å². The summed E-state index contributed by atoms with van der Waals surface area (Å²) in [6, 6.07) is 0.314. The van der Waals surface area contributed by atoms with Crippen molar-refractivity contribution < 1.29 is 0 Å². The van der Waals surface area contributed by atoms with Gasteiger partial charge >= 0.3 is 0 Å². The fourth-order valence-corrected chi connectivity index (χ4v) is 2.42. The van der Waals surface area contributed by atoms with Gasteiger partial charge in [-0.1, -0.05) is 0 Å². The summed E-state index contributed by atoms with van der Waals surface area (Å²) in [6.45, 7) is 4.17. The summed E-state index contributed by atoms with van der Waals surface area (Å²) < 4.78 is 0. The van der Waals surface area contributed by atoms with Gasteiger partial charge in [-0.05, 0) is 38.5 Å². The molecule has 0 aliphatic heterocycles. The second-order valence-corrected chi connectivity index (χ2v) is 5.25. The molecule has 1 fully saturated rings. The van der Waals surface area contributed by atoms with Gasteiger partial charge in [0.1, 0.15) is 0 Å². The van der Waals surface area contributed by atoms with E-state index in [-0.39, 0.29) is 0 Å². The van der Waals surface area contributed by atoms with Crippen LogP contribution >= 0.6 is 11.3 Å². The van der Waals surface area contributed by atoms with Crippen molar-refractivity contribution in [2.45, 2.75) is 39.2 Å². The molecular formula is C10H16N2S. The SMILES string of the molecule is Cc1nc(CC2(C(C)N)CC2)cs1. The highest BCUT2D eigenvalue weighted by Gasteiger charge is 2.46. The van der Waals surface area contributed by atoms with Gasteiger partial charge in [0.05, 0.1) is 10.7 Å². The molecule has 1 heterocycles. The summed E-state index contributed by atoms with van der Waals surface area (Å²) in [7, 11) is 0. The summed E-state index contributed by atoms with van der Waals surface area (Å²) in [5.74, 6) is 0. The predicted octanol–water partition coefficient (Wildman–Crippen LogP) is 2.12. The van der Waals surface area contributed by atoms with Crippen molar-refractivity contribution in [2.24, 2.45) is 11.1 Å². The summed E-state index contributed by atoms with van der Waals surface area (Å²) in [5.41, 5.74) is 7.59. The van der Waals surface area contributed by atoms with E-state index in [0.717, 1.165) is 11.4 Å². The smallest absolute Gasteiger partial charge is 0.0897 e. The van der Waals surface area contributed by atoms with Crippen LogP contribution in [0.3, 0.4) is 0 Å². The highest BCUT2D eigenvalue weighted by atomic mass is 32.1. The molecule has 13 heavy (non-hydrogen) atoms. The molecule has 1 aromatic heterocycles. The summed E-state index contributed by atoms with van der Waals surface area (Å²) in [6.07, 6.45) is 3.64. The Balaban J connectivity index is 2.06. The van der Waals surface area contributed by atoms with Crippen LogP contribution < -0.4 is 5.73 Å². The first-order valence-electron chi connectivity index (χ1n) is 4.79. The van der Waals surface area contributed by atoms with Gasteiger partial charge in [0, 0.05) is 11.4 Å². The summed E-state index contributed by atoms with van der Waals surface area (Å²) in [4.78, 5) is 4.48. The Morgan fingerprint density at radius 2 is 2.38 bits per heavy atom. The van der Waals surface area contributed by atoms with Gasteiger partial charge in [0.2, 0.25) is 0 Å². The zero-order valence-corrected chi connectivity index (χ0v) is 9.03. The van der Waals surface area contributed by atoms with E-state index in [4.69, 9.17) is 5.73 Å². The molecule has 72 valence electrons. The van der Waals surface area contributed by atoms with Crippen LogP contribution in [0.2, 0.25) is 0 Å². The number of aromatic nitrogens is 1. The predicted molar refractivity (Wildman–Crippen MR) is 55.9 cm³/mol. The zero-order chi connectivity index (χ0) is 9.47. The first-order chi connectivity index (χ1) is 6.12. The minimum Gasteiger partial charge on any atom is -0.327 e. The molecule has 3 heteroatoms. The van der Waals surface area contributed by atoms with Gasteiger partial charge in [-0.2, -0.15) is 0 Å². The third-order valence-electron chi connectivity index (χ3n) is 3.06. The van der Waals surface area contributed by atoms with E-state index in [0.29, 0.717) is 11.5 Å². The number of thiazole rings is 1. The number of hydrogen-bond donors (Lipinski definition) is 1. The van der Waals surface area contributed by atoms with E-state index in [1.54, 1.807) is 11.3 Å². The molecule has 1 saturated carbocycles. The molecule has 2 nitrogen and oxygen atoms in total. The van der Waals surface area contributed by atoms with Gasteiger partial charge in [0.15, 0.2) is 0 Å². The number of nitrogens with zero attached hydrogens (tertiary/aromatic N) is 1. The topological polar surface area (TPSA) is 38.9 Å². The van der Waals surface area contributed by atoms with Crippen molar-refractivity contribution in [3.63, 3.8) is 0 Å². The molecule has 1 aliphatic rings. The van der Waals surface area contributed by atoms with E-state index in [1.807, 2.05) is 0 Å². The van der Waals surface area contributed by atoms with Crippen molar-refractivity contribution >= 4 is 11.3 Å². The minimum absolute atomic E-state index is 0.314. The van der Waals surface area contributed by atoms with Crippen LogP contribution in [0.15, 0.2) is 5.38 Å². The van der Waals surface area contributed by atoms with E-state index >= 15 is 0 Å². The number of hydrogen-bond acceptors (Lipinski definition) is 3. The van der Waals surface area contributed by atoms with Gasteiger partial charge in [-0.15, -0.1) is 11.3 Å². The molecule has 1 unspecified atom stereocenters. The van der Waals surface area contributed by atoms with Crippen LogP contribution in [-0.4, -0.2) is 11.0 Å². The van der Waals surface area contributed by atoms with Crippen molar-refractivity contribution in [2.75, 3.05) is 0 Å². The molecule has 0 bridgehead atoms. The highest BCUT2D eigenvalue weighted by molar-refractivity contribution is 7.09. The summed E-state index contributed by atoms with van der Waals surface area (Å²) in [5, 5.41) is 3.33. The largest absolute Gasteiger partial charge is 0.327 e. The first-order valence-corrected chi connectivity index (χ1v) is 5.67. The van der Waals surface area contributed by atoms with Gasteiger partial charge < -0.3 is 5.73 Å². The van der Waals surface area contributed by atoms with Crippen LogP contribution in [0.5, 0.6) is 0 Å². The van der Waals surface area contributed by atoms with Gasteiger partial charge in [0.25, 0.3) is 0 Å². The lowest BCUT2D eigenvalue weighted by Crippen LogP contribution is -2.29. The average molecular weight is 196 g/mol. The number of nitrogens with two attached hydrogens (primary N) is 1. The molecule has 0 spiro atoms. The lowest BCUT2D eigenvalue weighted by Gasteiger charge is -2.17. The highest BCUT2D eigenvalue weighted by Crippen LogP contribution is 2.50. The Morgan fingerprint density at radius 1 is 1.69 bits per heavy atom. The molecule has 0 saturated heterocycles. The Hall–Kier alpha value is -0.410. The lowest BCUT2D eigenvalue weighted by atomic mass is 9.93. The molecule has 2 N–H and O–H groups in total. The molecule has 0 radical (unpaired) electrons. The van der Waals surface area contributed by atoms with Gasteiger partial charge in [-0.3, -0.25) is 0 Å². The van der Waals surface area contributed by atoms with E-state index < -0.39 is 0 Å². The maximum Gasteiger partial charge on any atom is 0.0897 e. The normalized spacial score (nSPS) is 21.5. The Labute approximate surface area is 83.2 Å². The molecule has 0 aromatic carbocycles. The fraction of sp³-hybridized carbons (Fsp3) is 0.700. The van der Waals surface area contributed by atoms with E-state index in [9.17, 15) is 0 Å². The van der Waals surface area contributed by atoms with Crippen LogP contribution in [0.4, 0.5) is 0 Å². The van der Waals surface area contributed by atoms with Gasteiger partial charge in [-0.25, -0.2) is 4.98 Å². The van der Waals surface area contributed by atoms with E-state index in [1.165, 1.54) is 18.5 Å². The number of rotatable bonds is 3. The molecule has 2 rings (SSSR count). The maximum atomic E-state index is 5.96. The second-order valence-electron chi connectivity index (χ2n) is 4.19. The van der Waals surface area contributed by atoms with Crippen LogP contribution in [-0.2, 0) is 6.42 Å². The van der Waals surface area contributed by atoms with Crippen molar-refractivity contribution in [1.29, 1.82) is 0 Å². The van der Waals surface area contributed by atoms with Crippen molar-refractivity contribution in [3.8, 4) is 0 Å². The minimum atomic E-state index is 0.314. The third kappa shape index (κ3) is 1.76. The maximum absolute atomic E-state index is 5.96. The quantitative estimate of drug-likeness (QED) is 0.804. The van der Waals surface area contributed by atoms with Crippen LogP contribution in [0.25, 0.3) is 0 Å². The number of aryl methyl sites for hydroxylation is 1. The molecule has 1 atom stereocenters. The van der Waals surface area contributed by atoms with Crippen LogP contribution in [0, 0.1) is 12.3 Å². The van der Waals surface area contributed by atoms with E-state index in [2.05, 4.69) is 24.2 Å². The Morgan fingerprint density at radius 3 is 2.77 bits per heavy atom. The summed E-state index contributed by atoms with van der Waals surface area (Å²) >= 11 is 1.73. The third-order valence-corrected chi connectivity index (χ3v) is 3.88. The monoisotopic (exact) mass is 196 g/mol. The van der Waals surface area contributed by atoms with Crippen molar-refractivity contribution in [1.82, 2.24) is 4.98 Å². The average Bonchev–Trinajstić information content (AvgIpc) is 2.72. The standard InChI is InChI=1S/C10H16N2S/c1-7(11)10(3-4-10)5-9-6-13-8(2)12-9/h6-7H,3-5,11H2,1-2H3. The Bertz CT molecular complexity index is 300. The molecule has 1 aliphatic carbocycles. The lowest BCUT2D eigenvalue weighted by molar-refractivity contribution is 0.415. The second kappa shape index (κ2) is 3.07. The first kappa shape index (κ1) is 9.16. The fourth-order valence-electron chi connectivity index (χ4n) is 1.80. The molecular weight excluding hydrogens is 180 g/mol. The van der Waals surface area contributed by atoms with Crippen molar-refractivity contribution in [3.05, 3.63) is 16.1 Å². The zero-order valence-electron chi connectivity index (χ0n) is 8.21. The molecule has 0 amide bonds. The Kier molecular flexibility index (Phi) is 2.16.